The van der Waals surface area contributed by atoms with E-state index in [1.54, 1.807) is 24.3 Å². The SMILES string of the molecule is O=C(O)/C=C/C(=O)O.OC(CN1CCN(C2c3ccccc3CSc3ccccc32)CC1)c1ccc(F)cc1.OC(CN1CCN(C2c3ccccc3CSc3ccccc32)CC1)c1ccc(F)cc1. The van der Waals surface area contributed by atoms with E-state index in [1.165, 1.54) is 67.4 Å². The number of halogens is 2. The van der Waals surface area contributed by atoms with Gasteiger partial charge in [0.15, 0.2) is 0 Å². The maximum atomic E-state index is 13.2. The quantitative estimate of drug-likeness (QED) is 0.0977. The Labute approximate surface area is 416 Å². The monoisotopic (exact) mass is 984 g/mol. The number of piperazine rings is 2. The summed E-state index contributed by atoms with van der Waals surface area (Å²) >= 11 is 3.86. The van der Waals surface area contributed by atoms with E-state index < -0.39 is 24.1 Å². The number of nitrogens with zero attached hydrogens (tertiary/aromatic N) is 4. The van der Waals surface area contributed by atoms with Gasteiger partial charge in [0.25, 0.3) is 0 Å². The number of aliphatic carboxylic acids is 2. The molecular formula is C56H58F2N4O6S2. The number of thioether (sulfide) groups is 2. The van der Waals surface area contributed by atoms with Crippen LogP contribution in [0.15, 0.2) is 168 Å². The van der Waals surface area contributed by atoms with Crippen LogP contribution in [0.5, 0.6) is 0 Å². The highest BCUT2D eigenvalue weighted by Crippen LogP contribution is 2.44. The predicted molar refractivity (Wildman–Crippen MR) is 272 cm³/mol. The van der Waals surface area contributed by atoms with E-state index in [2.05, 4.69) is 117 Å². The van der Waals surface area contributed by atoms with Crippen LogP contribution in [0, 0.1) is 11.6 Å². The van der Waals surface area contributed by atoms with Gasteiger partial charge in [0, 0.05) is 98.9 Å². The van der Waals surface area contributed by atoms with Gasteiger partial charge in [0.2, 0.25) is 0 Å². The minimum Gasteiger partial charge on any atom is -0.478 e. The van der Waals surface area contributed by atoms with Gasteiger partial charge in [-0.1, -0.05) is 109 Å². The van der Waals surface area contributed by atoms with Crippen LogP contribution in [0.2, 0.25) is 0 Å². The number of carboxylic acid groups (broad SMARTS) is 2. The number of rotatable bonds is 10. The van der Waals surface area contributed by atoms with E-state index in [0.717, 1.165) is 75.0 Å². The van der Waals surface area contributed by atoms with Crippen LogP contribution in [-0.4, -0.2) is 117 Å². The van der Waals surface area contributed by atoms with Crippen LogP contribution in [0.25, 0.3) is 0 Å². The molecule has 0 bridgehead atoms. The van der Waals surface area contributed by atoms with Crippen molar-refractivity contribution < 1.29 is 38.8 Å². The molecule has 0 amide bonds. The molecule has 14 heteroatoms. The normalized spacial score (nSPS) is 19.3. The molecule has 4 atom stereocenters. The topological polar surface area (TPSA) is 128 Å². The number of fused-ring (bicyclic) bond motifs is 4. The molecule has 0 spiro atoms. The van der Waals surface area contributed by atoms with Gasteiger partial charge in [-0.2, -0.15) is 0 Å². The Balaban J connectivity index is 0.000000163. The van der Waals surface area contributed by atoms with Crippen LogP contribution in [0.4, 0.5) is 8.78 Å². The molecule has 70 heavy (non-hydrogen) atoms. The first kappa shape index (κ1) is 50.7. The van der Waals surface area contributed by atoms with E-state index in [4.69, 9.17) is 10.2 Å². The van der Waals surface area contributed by atoms with Gasteiger partial charge in [-0.25, -0.2) is 18.4 Å². The maximum Gasteiger partial charge on any atom is 0.328 e. The van der Waals surface area contributed by atoms with Gasteiger partial charge in [0.1, 0.15) is 11.6 Å². The van der Waals surface area contributed by atoms with Crippen molar-refractivity contribution in [3.63, 3.8) is 0 Å². The summed E-state index contributed by atoms with van der Waals surface area (Å²) in [6.45, 7) is 8.60. The molecule has 0 saturated carbocycles. The number of carbonyl (C=O) groups is 2. The molecule has 0 aliphatic carbocycles. The summed E-state index contributed by atoms with van der Waals surface area (Å²) in [7, 11) is 0. The van der Waals surface area contributed by atoms with Crippen molar-refractivity contribution in [2.45, 2.75) is 45.6 Å². The molecule has 6 aromatic rings. The van der Waals surface area contributed by atoms with Gasteiger partial charge in [-0.3, -0.25) is 19.6 Å². The maximum absolute atomic E-state index is 13.2. The van der Waals surface area contributed by atoms with E-state index in [0.29, 0.717) is 25.2 Å². The second kappa shape index (κ2) is 24.4. The second-order valence-electron chi connectivity index (χ2n) is 17.7. The Morgan fingerprint density at radius 1 is 0.486 bits per heavy atom. The third-order valence-corrected chi connectivity index (χ3v) is 15.5. The molecule has 4 aliphatic heterocycles. The number of hydrogen-bond acceptors (Lipinski definition) is 10. The van der Waals surface area contributed by atoms with Crippen molar-refractivity contribution in [3.05, 3.63) is 214 Å². The fraction of sp³-hybridized carbons (Fsp3) is 0.286. The Hall–Kier alpha value is -5.68. The van der Waals surface area contributed by atoms with Gasteiger partial charge < -0.3 is 20.4 Å². The molecular weight excluding hydrogens is 927 g/mol. The lowest BCUT2D eigenvalue weighted by molar-refractivity contribution is -0.134. The summed E-state index contributed by atoms with van der Waals surface area (Å²) in [4.78, 5) is 31.7. The van der Waals surface area contributed by atoms with Gasteiger partial charge in [-0.05, 0) is 80.9 Å². The van der Waals surface area contributed by atoms with Crippen LogP contribution in [0.1, 0.15) is 68.8 Å². The zero-order valence-electron chi connectivity index (χ0n) is 38.8. The van der Waals surface area contributed by atoms with E-state index in [-0.39, 0.29) is 23.7 Å². The largest absolute Gasteiger partial charge is 0.478 e. The smallest absolute Gasteiger partial charge is 0.328 e. The molecule has 4 unspecified atom stereocenters. The standard InChI is InChI=1S/2C26H27FN2OS.C4H4O4/c2*27-21-11-9-19(10-12-21)24(30)17-28-13-15-29(16-14-28)26-22-6-2-1-5-20(22)18-31-25-8-4-3-7-23(25)26;5-3(6)1-2-4(7)8/h2*1-12,24,26,30H,13-18H2;1-2H,(H,5,6)(H,7,8)/b;;2-1+. The van der Waals surface area contributed by atoms with E-state index >= 15 is 0 Å². The number of carboxylic acids is 2. The van der Waals surface area contributed by atoms with Crippen molar-refractivity contribution in [1.82, 2.24) is 19.6 Å². The molecule has 4 heterocycles. The first-order valence-corrected chi connectivity index (χ1v) is 25.5. The van der Waals surface area contributed by atoms with Crippen LogP contribution in [-0.2, 0) is 21.1 Å². The lowest BCUT2D eigenvalue weighted by atomic mass is 9.93. The molecule has 4 N–H and O–H groups in total. The zero-order chi connectivity index (χ0) is 49.0. The van der Waals surface area contributed by atoms with Crippen molar-refractivity contribution in [2.75, 3.05) is 65.4 Å². The number of benzene rings is 6. The number of aliphatic hydroxyl groups is 2. The molecule has 6 aromatic carbocycles. The zero-order valence-corrected chi connectivity index (χ0v) is 40.4. The summed E-state index contributed by atoms with van der Waals surface area (Å²) in [6, 6.07) is 48.2. The van der Waals surface area contributed by atoms with E-state index in [1.807, 2.05) is 23.5 Å². The van der Waals surface area contributed by atoms with Crippen LogP contribution >= 0.6 is 23.5 Å². The molecule has 10 rings (SSSR count). The minimum absolute atomic E-state index is 0.270. The van der Waals surface area contributed by atoms with Crippen LogP contribution in [0.3, 0.4) is 0 Å². The highest BCUT2D eigenvalue weighted by Gasteiger charge is 2.33. The van der Waals surface area contributed by atoms with Crippen molar-refractivity contribution in [3.8, 4) is 0 Å². The lowest BCUT2D eigenvalue weighted by Crippen LogP contribution is -2.48. The number of aliphatic hydroxyl groups excluding tert-OH is 2. The van der Waals surface area contributed by atoms with Crippen molar-refractivity contribution in [1.29, 1.82) is 0 Å². The van der Waals surface area contributed by atoms with Gasteiger partial charge in [0.05, 0.1) is 24.3 Å². The fourth-order valence-electron chi connectivity index (χ4n) is 9.59. The first-order chi connectivity index (χ1) is 34.0. The molecule has 10 nitrogen and oxygen atoms in total. The number of β-amino-alcohol motifs (C(OH)–C–C–N with tert-alkyl or cyclic N) is 2. The highest BCUT2D eigenvalue weighted by atomic mass is 32.2. The molecule has 0 radical (unpaired) electrons. The van der Waals surface area contributed by atoms with Gasteiger partial charge in [-0.15, -0.1) is 23.5 Å². The summed E-state index contributed by atoms with van der Waals surface area (Å²) in [5.41, 5.74) is 10.0. The number of hydrogen-bond donors (Lipinski definition) is 4. The molecule has 2 saturated heterocycles. The highest BCUT2D eigenvalue weighted by molar-refractivity contribution is 7.98. The first-order valence-electron chi connectivity index (χ1n) is 23.5. The summed E-state index contributed by atoms with van der Waals surface area (Å²) in [5.74, 6) is -1.04. The minimum atomic E-state index is -1.26. The third-order valence-electron chi connectivity index (χ3n) is 13.2. The average Bonchev–Trinajstić information content (AvgIpc) is 3.65. The average molecular weight is 985 g/mol. The molecule has 0 aromatic heterocycles. The third kappa shape index (κ3) is 13.2. The molecule has 4 aliphatic rings. The summed E-state index contributed by atoms with van der Waals surface area (Å²) in [6.07, 6.45) is -0.0734. The fourth-order valence-corrected chi connectivity index (χ4v) is 11.8. The van der Waals surface area contributed by atoms with Crippen molar-refractivity contribution in [2.24, 2.45) is 0 Å². The molecule has 364 valence electrons. The van der Waals surface area contributed by atoms with Crippen molar-refractivity contribution >= 4 is 35.5 Å². The van der Waals surface area contributed by atoms with E-state index in [9.17, 15) is 28.6 Å². The summed E-state index contributed by atoms with van der Waals surface area (Å²) < 4.78 is 26.3. The second-order valence-corrected chi connectivity index (χ2v) is 19.7. The summed E-state index contributed by atoms with van der Waals surface area (Å²) in [5, 5.41) is 36.8. The Morgan fingerprint density at radius 2 is 0.814 bits per heavy atom. The predicted octanol–water partition coefficient (Wildman–Crippen LogP) is 9.46. The Kier molecular flexibility index (Phi) is 17.7. The Bertz CT molecular complexity index is 2430. The van der Waals surface area contributed by atoms with Gasteiger partial charge >= 0.3 is 11.9 Å². The Morgan fingerprint density at radius 3 is 1.17 bits per heavy atom. The van der Waals surface area contributed by atoms with Crippen LogP contribution < -0.4 is 0 Å². The molecule has 2 fully saturated rings. The lowest BCUT2D eigenvalue weighted by Gasteiger charge is -2.40.